The minimum absolute atomic E-state index is 0.00856. The molecule has 0 aliphatic carbocycles. The molecule has 0 bridgehead atoms. The number of pyridine rings is 1. The molecule has 3 aliphatic rings. The van der Waals surface area contributed by atoms with E-state index >= 15 is 0 Å². The second kappa shape index (κ2) is 20.9. The van der Waals surface area contributed by atoms with Gasteiger partial charge in [-0.15, -0.1) is 13.2 Å². The third kappa shape index (κ3) is 11.0. The number of para-hydroxylation sites is 1. The van der Waals surface area contributed by atoms with E-state index in [1.54, 1.807) is 23.0 Å². The Labute approximate surface area is 368 Å². The standard InChI is InChI=1S/C47H61N9O7/c1-5-15-48-46(60)62-31-55-41-10-8-7-9-36(41)28-40(45(55)59)35-11-19-53(20-12-35)42(57)29-37(44(58)54-23-21-52(22-24-54)39-13-17-51(4)18-14-39)26-34-25-33(3)43-38(27-34)30-50-56(43)32-63-47(61)49-16-6-2/h5-10,25,27-28,30,35,37,39H,1-2,11-24,26,29,31-32H2,3-4H3,(H,48,60)(H,49,61)/t37-/m0/s1. The molecule has 16 nitrogen and oxygen atoms in total. The summed E-state index contributed by atoms with van der Waals surface area (Å²) < 4.78 is 13.9. The Morgan fingerprint density at radius 1 is 0.825 bits per heavy atom. The highest BCUT2D eigenvalue weighted by molar-refractivity contribution is 5.87. The number of ether oxygens (including phenoxy) is 2. The smallest absolute Gasteiger partial charge is 0.409 e. The molecule has 336 valence electrons. The summed E-state index contributed by atoms with van der Waals surface area (Å²) >= 11 is 0. The lowest BCUT2D eigenvalue weighted by atomic mass is 9.88. The number of piperidine rings is 2. The van der Waals surface area contributed by atoms with Crippen LogP contribution in [0.1, 0.15) is 54.7 Å². The normalized spacial score (nSPS) is 17.4. The summed E-state index contributed by atoms with van der Waals surface area (Å²) in [5.74, 6) is -0.770. The summed E-state index contributed by atoms with van der Waals surface area (Å²) in [7, 11) is 2.17. The number of nitrogens with one attached hydrogen (secondary N) is 2. The molecule has 1 atom stereocenters. The monoisotopic (exact) mass is 863 g/mol. The number of carbonyl (C=O) groups excluding carboxylic acids is 4. The molecule has 7 rings (SSSR count). The number of benzene rings is 2. The molecule has 2 aromatic carbocycles. The van der Waals surface area contributed by atoms with Crippen LogP contribution >= 0.6 is 0 Å². The van der Waals surface area contributed by atoms with Gasteiger partial charge >= 0.3 is 12.2 Å². The minimum atomic E-state index is -0.644. The molecule has 63 heavy (non-hydrogen) atoms. The fourth-order valence-electron chi connectivity index (χ4n) is 9.40. The molecule has 4 aromatic rings. The number of nitrogens with zero attached hydrogens (tertiary/aromatic N) is 7. The lowest BCUT2D eigenvalue weighted by molar-refractivity contribution is -0.143. The molecule has 3 saturated heterocycles. The Kier molecular flexibility index (Phi) is 15.0. The van der Waals surface area contributed by atoms with Crippen LogP contribution in [0.25, 0.3) is 21.8 Å². The summed E-state index contributed by atoms with van der Waals surface area (Å²) in [6.07, 6.45) is 7.50. The number of hydrogen-bond acceptors (Lipinski definition) is 10. The van der Waals surface area contributed by atoms with E-state index in [1.807, 2.05) is 59.2 Å². The van der Waals surface area contributed by atoms with Gasteiger partial charge < -0.3 is 34.8 Å². The minimum Gasteiger partial charge on any atom is -0.428 e. The maximum absolute atomic E-state index is 14.6. The predicted octanol–water partition coefficient (Wildman–Crippen LogP) is 4.59. The first-order valence-corrected chi connectivity index (χ1v) is 22.1. The van der Waals surface area contributed by atoms with Crippen molar-refractivity contribution in [3.8, 4) is 0 Å². The molecule has 0 radical (unpaired) electrons. The van der Waals surface area contributed by atoms with Gasteiger partial charge in [0.1, 0.15) is 0 Å². The second-order valence-electron chi connectivity index (χ2n) is 17.0. The van der Waals surface area contributed by atoms with E-state index in [4.69, 9.17) is 9.47 Å². The van der Waals surface area contributed by atoms with Crippen LogP contribution < -0.4 is 16.2 Å². The van der Waals surface area contributed by atoms with Crippen molar-refractivity contribution >= 4 is 45.8 Å². The van der Waals surface area contributed by atoms with Gasteiger partial charge in [0.25, 0.3) is 5.56 Å². The molecule has 5 heterocycles. The van der Waals surface area contributed by atoms with Crippen molar-refractivity contribution in [1.82, 2.24) is 44.6 Å². The highest BCUT2D eigenvalue weighted by Crippen LogP contribution is 2.30. The van der Waals surface area contributed by atoms with Crippen molar-refractivity contribution in [2.24, 2.45) is 5.92 Å². The topological polar surface area (TPSA) is 164 Å². The molecule has 4 amide bonds. The third-order valence-electron chi connectivity index (χ3n) is 12.8. The summed E-state index contributed by atoms with van der Waals surface area (Å²) in [6, 6.07) is 14.0. The summed E-state index contributed by atoms with van der Waals surface area (Å²) in [5.41, 5.74) is 3.72. The molecular formula is C47H61N9O7. The number of likely N-dealkylation sites (tertiary alicyclic amines) is 2. The number of alkyl carbamates (subject to hydrolysis) is 2. The van der Waals surface area contributed by atoms with Gasteiger partial charge in [-0.25, -0.2) is 14.3 Å². The van der Waals surface area contributed by atoms with Crippen LogP contribution in [0.4, 0.5) is 9.59 Å². The van der Waals surface area contributed by atoms with Gasteiger partial charge in [0, 0.05) is 75.8 Å². The van der Waals surface area contributed by atoms with E-state index in [-0.39, 0.29) is 49.7 Å². The van der Waals surface area contributed by atoms with Gasteiger partial charge in [0.05, 0.1) is 23.1 Å². The van der Waals surface area contributed by atoms with Gasteiger partial charge in [-0.05, 0) is 99.8 Å². The number of carbonyl (C=O) groups is 4. The molecule has 2 N–H and O–H groups in total. The Morgan fingerprint density at radius 3 is 2.17 bits per heavy atom. The van der Waals surface area contributed by atoms with Crippen molar-refractivity contribution in [3.63, 3.8) is 0 Å². The Bertz CT molecular complexity index is 2350. The van der Waals surface area contributed by atoms with E-state index in [1.165, 1.54) is 4.57 Å². The van der Waals surface area contributed by atoms with Crippen LogP contribution in [0.2, 0.25) is 0 Å². The van der Waals surface area contributed by atoms with Crippen molar-refractivity contribution in [2.45, 2.75) is 70.9 Å². The number of piperazine rings is 1. The third-order valence-corrected chi connectivity index (χ3v) is 12.8. The molecule has 2 aromatic heterocycles. The molecule has 16 heteroatoms. The van der Waals surface area contributed by atoms with E-state index < -0.39 is 18.1 Å². The summed E-state index contributed by atoms with van der Waals surface area (Å²) in [4.78, 5) is 75.8. The van der Waals surface area contributed by atoms with Crippen LogP contribution in [0, 0.1) is 12.8 Å². The van der Waals surface area contributed by atoms with Crippen LogP contribution in [-0.4, -0.2) is 136 Å². The van der Waals surface area contributed by atoms with E-state index in [0.29, 0.717) is 69.1 Å². The quantitative estimate of drug-likeness (QED) is 0.162. The largest absolute Gasteiger partial charge is 0.428 e. The number of amides is 4. The van der Waals surface area contributed by atoms with Crippen LogP contribution in [0.5, 0.6) is 0 Å². The van der Waals surface area contributed by atoms with Gasteiger partial charge in [0.2, 0.25) is 11.8 Å². The number of aryl methyl sites for hydroxylation is 1. The van der Waals surface area contributed by atoms with E-state index in [9.17, 15) is 24.0 Å². The van der Waals surface area contributed by atoms with Crippen molar-refractivity contribution < 1.29 is 28.7 Å². The highest BCUT2D eigenvalue weighted by atomic mass is 16.6. The predicted molar refractivity (Wildman–Crippen MR) is 241 cm³/mol. The fourth-order valence-corrected chi connectivity index (χ4v) is 9.40. The van der Waals surface area contributed by atoms with E-state index in [0.717, 1.165) is 66.4 Å². The lowest BCUT2D eigenvalue weighted by Gasteiger charge is -2.43. The second-order valence-corrected chi connectivity index (χ2v) is 17.0. The Balaban J connectivity index is 1.05. The summed E-state index contributed by atoms with van der Waals surface area (Å²) in [5, 5.41) is 11.4. The zero-order chi connectivity index (χ0) is 44.5. The number of fused-ring (bicyclic) bond motifs is 2. The maximum Gasteiger partial charge on any atom is 0.409 e. The first-order valence-electron chi connectivity index (χ1n) is 22.1. The van der Waals surface area contributed by atoms with Crippen LogP contribution in [-0.2, 0) is 38.9 Å². The summed E-state index contributed by atoms with van der Waals surface area (Å²) in [6.45, 7) is 15.3. The Hall–Kier alpha value is -6.00. The molecule has 0 saturated carbocycles. The number of rotatable bonds is 15. The molecule has 0 unspecified atom stereocenters. The first kappa shape index (κ1) is 45.0. The highest BCUT2D eigenvalue weighted by Gasteiger charge is 2.34. The average molecular weight is 864 g/mol. The van der Waals surface area contributed by atoms with Gasteiger partial charge in [0.15, 0.2) is 13.5 Å². The number of aromatic nitrogens is 3. The SMILES string of the molecule is C=CCNC(=O)OCn1ncc2cc(C[C@@H](CC(=O)N3CCC(c4cc5ccccc5n(COC(=O)NCC=C)c4=O)CC3)C(=O)N3CCN(C4CCN(C)CC4)CC3)cc(C)c21. The maximum atomic E-state index is 14.6. The lowest BCUT2D eigenvalue weighted by Crippen LogP contribution is -2.55. The first-order chi connectivity index (χ1) is 30.5. The zero-order valence-electron chi connectivity index (χ0n) is 36.6. The molecule has 3 aliphatic heterocycles. The zero-order valence-corrected chi connectivity index (χ0v) is 36.6. The molecular weight excluding hydrogens is 803 g/mol. The molecule has 0 spiro atoms. The fraction of sp³-hybridized carbons (Fsp3) is 0.489. The molecule has 3 fully saturated rings. The van der Waals surface area contributed by atoms with Crippen molar-refractivity contribution in [1.29, 1.82) is 0 Å². The van der Waals surface area contributed by atoms with Crippen molar-refractivity contribution in [3.05, 3.63) is 101 Å². The van der Waals surface area contributed by atoms with Gasteiger partial charge in [-0.1, -0.05) is 36.4 Å². The van der Waals surface area contributed by atoms with Crippen LogP contribution in [0.15, 0.2) is 78.8 Å². The van der Waals surface area contributed by atoms with Crippen molar-refractivity contribution in [2.75, 3.05) is 72.5 Å². The van der Waals surface area contributed by atoms with E-state index in [2.05, 4.69) is 45.7 Å². The van der Waals surface area contributed by atoms with Gasteiger partial charge in [-0.2, -0.15) is 5.10 Å². The number of hydrogen-bond donors (Lipinski definition) is 2. The van der Waals surface area contributed by atoms with Gasteiger partial charge in [-0.3, -0.25) is 23.9 Å². The van der Waals surface area contributed by atoms with Crippen LogP contribution in [0.3, 0.4) is 0 Å². The average Bonchev–Trinajstić information content (AvgIpc) is 3.72. The Morgan fingerprint density at radius 2 is 1.49 bits per heavy atom.